The Morgan fingerprint density at radius 2 is 1.69 bits per heavy atom. The van der Waals surface area contributed by atoms with Crippen molar-refractivity contribution in [2.24, 2.45) is 23.7 Å². The lowest BCUT2D eigenvalue weighted by Crippen LogP contribution is -2.55. The number of carbonyl (C=O) groups excluding carboxylic acids is 1. The van der Waals surface area contributed by atoms with E-state index in [1.165, 1.54) is 32.1 Å². The SMILES string of the molecule is O=C(NC1C2CC3CC(C2)CC1C3)c1cnn(-c2ccccc2)c1NCc1cccnc1. The van der Waals surface area contributed by atoms with E-state index in [4.69, 9.17) is 0 Å². The molecule has 164 valence electrons. The zero-order chi connectivity index (χ0) is 21.5. The van der Waals surface area contributed by atoms with Crippen molar-refractivity contribution in [1.82, 2.24) is 20.1 Å². The number of aromatic nitrogens is 3. The summed E-state index contributed by atoms with van der Waals surface area (Å²) in [7, 11) is 0. The fraction of sp³-hybridized carbons (Fsp3) is 0.423. The second kappa shape index (κ2) is 8.08. The molecule has 4 bridgehead atoms. The summed E-state index contributed by atoms with van der Waals surface area (Å²) in [5.74, 6) is 3.78. The summed E-state index contributed by atoms with van der Waals surface area (Å²) in [6.45, 7) is 0.574. The molecular weight excluding hydrogens is 398 g/mol. The Kier molecular flexibility index (Phi) is 4.93. The van der Waals surface area contributed by atoms with Gasteiger partial charge in [-0.15, -0.1) is 0 Å². The number of benzene rings is 1. The Bertz CT molecular complexity index is 1070. The Balaban J connectivity index is 1.27. The number of para-hydroxylation sites is 1. The van der Waals surface area contributed by atoms with Gasteiger partial charge in [-0.2, -0.15) is 5.10 Å². The number of amides is 1. The minimum Gasteiger partial charge on any atom is -0.365 e. The van der Waals surface area contributed by atoms with Crippen molar-refractivity contribution in [1.29, 1.82) is 0 Å². The van der Waals surface area contributed by atoms with Crippen LogP contribution in [0.4, 0.5) is 5.82 Å². The average Bonchev–Trinajstić information content (AvgIpc) is 3.25. The maximum absolute atomic E-state index is 13.5. The largest absolute Gasteiger partial charge is 0.365 e. The van der Waals surface area contributed by atoms with Crippen molar-refractivity contribution in [3.8, 4) is 5.69 Å². The van der Waals surface area contributed by atoms with E-state index in [-0.39, 0.29) is 5.91 Å². The van der Waals surface area contributed by atoms with Crippen LogP contribution in [0.2, 0.25) is 0 Å². The van der Waals surface area contributed by atoms with E-state index >= 15 is 0 Å². The van der Waals surface area contributed by atoms with Gasteiger partial charge in [0.05, 0.1) is 11.9 Å². The Morgan fingerprint density at radius 1 is 0.938 bits per heavy atom. The first-order valence-corrected chi connectivity index (χ1v) is 11.8. The van der Waals surface area contributed by atoms with E-state index in [2.05, 4.69) is 20.7 Å². The van der Waals surface area contributed by atoms with Gasteiger partial charge >= 0.3 is 0 Å². The summed E-state index contributed by atoms with van der Waals surface area (Å²) in [4.78, 5) is 17.7. The van der Waals surface area contributed by atoms with Crippen LogP contribution in [0.15, 0.2) is 61.1 Å². The molecule has 0 atom stereocenters. The summed E-state index contributed by atoms with van der Waals surface area (Å²) >= 11 is 0. The molecule has 4 fully saturated rings. The van der Waals surface area contributed by atoms with Gasteiger partial charge < -0.3 is 10.6 Å². The van der Waals surface area contributed by atoms with Crippen molar-refractivity contribution >= 4 is 11.7 Å². The predicted octanol–water partition coefficient (Wildman–Crippen LogP) is 4.43. The molecule has 1 aromatic carbocycles. The summed E-state index contributed by atoms with van der Waals surface area (Å²) in [5, 5.41) is 11.5. The highest BCUT2D eigenvalue weighted by Crippen LogP contribution is 2.53. The molecule has 6 heteroatoms. The van der Waals surface area contributed by atoms with Crippen LogP contribution >= 0.6 is 0 Å². The maximum Gasteiger partial charge on any atom is 0.256 e. The van der Waals surface area contributed by atoms with Gasteiger partial charge in [-0.3, -0.25) is 9.78 Å². The van der Waals surface area contributed by atoms with E-state index in [0.717, 1.165) is 28.9 Å². The predicted molar refractivity (Wildman–Crippen MR) is 123 cm³/mol. The van der Waals surface area contributed by atoms with Crippen molar-refractivity contribution < 1.29 is 4.79 Å². The number of nitrogens with one attached hydrogen (secondary N) is 2. The highest BCUT2D eigenvalue weighted by Gasteiger charge is 2.48. The van der Waals surface area contributed by atoms with E-state index < -0.39 is 0 Å². The molecule has 32 heavy (non-hydrogen) atoms. The first kappa shape index (κ1) is 19.5. The Hall–Kier alpha value is -3.15. The number of anilines is 1. The topological polar surface area (TPSA) is 71.8 Å². The molecule has 4 aliphatic carbocycles. The van der Waals surface area contributed by atoms with Gasteiger partial charge in [0.25, 0.3) is 5.91 Å². The van der Waals surface area contributed by atoms with Crippen LogP contribution in [-0.2, 0) is 6.54 Å². The minimum atomic E-state index is -0.0154. The Labute approximate surface area is 188 Å². The number of carbonyl (C=O) groups is 1. The van der Waals surface area contributed by atoms with Crippen LogP contribution in [0.1, 0.15) is 48.0 Å². The fourth-order valence-electron chi connectivity index (χ4n) is 6.53. The maximum atomic E-state index is 13.5. The third-order valence-electron chi connectivity index (χ3n) is 7.72. The summed E-state index contributed by atoms with van der Waals surface area (Å²) in [6, 6.07) is 14.2. The molecule has 0 unspecified atom stereocenters. The highest BCUT2D eigenvalue weighted by molar-refractivity contribution is 5.99. The summed E-state index contributed by atoms with van der Waals surface area (Å²) in [5.41, 5.74) is 2.59. The van der Waals surface area contributed by atoms with Gasteiger partial charge in [0.2, 0.25) is 0 Å². The van der Waals surface area contributed by atoms with E-state index in [1.54, 1.807) is 12.4 Å². The zero-order valence-electron chi connectivity index (χ0n) is 18.2. The lowest BCUT2D eigenvalue weighted by molar-refractivity contribution is -0.0119. The van der Waals surface area contributed by atoms with Crippen LogP contribution in [0, 0.1) is 23.7 Å². The minimum absolute atomic E-state index is 0.0154. The fourth-order valence-corrected chi connectivity index (χ4v) is 6.53. The number of rotatable bonds is 6. The molecule has 0 radical (unpaired) electrons. The number of pyridine rings is 1. The monoisotopic (exact) mass is 427 g/mol. The molecule has 3 aromatic rings. The van der Waals surface area contributed by atoms with Crippen LogP contribution in [0.25, 0.3) is 5.69 Å². The molecule has 4 aliphatic rings. The van der Waals surface area contributed by atoms with Gasteiger partial charge in [0, 0.05) is 25.0 Å². The molecule has 7 rings (SSSR count). The van der Waals surface area contributed by atoms with Crippen LogP contribution < -0.4 is 10.6 Å². The summed E-state index contributed by atoms with van der Waals surface area (Å²) < 4.78 is 1.82. The molecule has 0 saturated heterocycles. The number of hydrogen-bond acceptors (Lipinski definition) is 4. The van der Waals surface area contributed by atoms with Gasteiger partial charge in [-0.1, -0.05) is 24.3 Å². The molecule has 0 aliphatic heterocycles. The number of nitrogens with zero attached hydrogens (tertiary/aromatic N) is 3. The normalized spacial score (nSPS) is 27.9. The van der Waals surface area contributed by atoms with Gasteiger partial charge in [-0.05, 0) is 79.5 Å². The standard InChI is InChI=1S/C26H29N5O/c32-26(30-24-20-10-18-9-19(12-20)13-21(24)11-18)23-16-29-31(22-6-2-1-3-7-22)25(23)28-15-17-5-4-8-27-14-17/h1-8,14,16,18-21,24,28H,9-13,15H2,(H,30,32). The molecule has 1 amide bonds. The summed E-state index contributed by atoms with van der Waals surface area (Å²) in [6.07, 6.45) is 11.9. The molecule has 2 N–H and O–H groups in total. The quantitative estimate of drug-likeness (QED) is 0.610. The molecule has 2 aromatic heterocycles. The molecular formula is C26H29N5O. The van der Waals surface area contributed by atoms with Gasteiger partial charge in [0.15, 0.2) is 0 Å². The third kappa shape index (κ3) is 3.57. The van der Waals surface area contributed by atoms with Crippen molar-refractivity contribution in [3.05, 3.63) is 72.2 Å². The lowest BCUT2D eigenvalue weighted by Gasteiger charge is -2.54. The van der Waals surface area contributed by atoms with Crippen molar-refractivity contribution in [2.45, 2.75) is 44.7 Å². The van der Waals surface area contributed by atoms with E-state index in [1.807, 2.05) is 53.3 Å². The Morgan fingerprint density at radius 3 is 2.38 bits per heavy atom. The number of hydrogen-bond donors (Lipinski definition) is 2. The van der Waals surface area contributed by atoms with Crippen molar-refractivity contribution in [3.63, 3.8) is 0 Å². The van der Waals surface area contributed by atoms with Gasteiger partial charge in [0.1, 0.15) is 11.4 Å². The first-order valence-electron chi connectivity index (χ1n) is 11.8. The van der Waals surface area contributed by atoms with E-state index in [9.17, 15) is 4.79 Å². The average molecular weight is 428 g/mol. The van der Waals surface area contributed by atoms with Crippen LogP contribution in [-0.4, -0.2) is 26.7 Å². The van der Waals surface area contributed by atoms with Gasteiger partial charge in [-0.25, -0.2) is 4.68 Å². The third-order valence-corrected chi connectivity index (χ3v) is 7.72. The van der Waals surface area contributed by atoms with Crippen LogP contribution in [0.5, 0.6) is 0 Å². The van der Waals surface area contributed by atoms with Crippen molar-refractivity contribution in [2.75, 3.05) is 5.32 Å². The smallest absolute Gasteiger partial charge is 0.256 e. The molecule has 4 saturated carbocycles. The molecule has 6 nitrogen and oxygen atoms in total. The lowest BCUT2D eigenvalue weighted by atomic mass is 9.54. The molecule has 0 spiro atoms. The first-order chi connectivity index (χ1) is 15.7. The highest BCUT2D eigenvalue weighted by atomic mass is 16.1. The second-order valence-corrected chi connectivity index (χ2v) is 9.80. The second-order valence-electron chi connectivity index (χ2n) is 9.80. The van der Waals surface area contributed by atoms with E-state index in [0.29, 0.717) is 30.0 Å². The molecule has 2 heterocycles. The zero-order valence-corrected chi connectivity index (χ0v) is 18.2. The van der Waals surface area contributed by atoms with Crippen LogP contribution in [0.3, 0.4) is 0 Å².